The Morgan fingerprint density at radius 1 is 1.19 bits per heavy atom. The predicted octanol–water partition coefficient (Wildman–Crippen LogP) is 5.22. The first-order chi connectivity index (χ1) is 17.0. The molecular weight excluding hydrogens is 509 g/mol. The third-order valence-electron chi connectivity index (χ3n) is 6.38. The van der Waals surface area contributed by atoms with E-state index in [1.165, 1.54) is 37.4 Å². The molecule has 3 aromatic carbocycles. The Bertz CT molecular complexity index is 1410. The minimum atomic E-state index is -4.18. The summed E-state index contributed by atoms with van der Waals surface area (Å²) < 4.78 is 54.1. The van der Waals surface area contributed by atoms with Gasteiger partial charge in [0.25, 0.3) is 10.0 Å². The minimum Gasteiger partial charge on any atom is -0.496 e. The molecule has 190 valence electrons. The van der Waals surface area contributed by atoms with Crippen molar-refractivity contribution in [2.24, 2.45) is 5.92 Å². The Morgan fingerprint density at radius 2 is 1.94 bits per heavy atom. The molecule has 4 rings (SSSR count). The summed E-state index contributed by atoms with van der Waals surface area (Å²) in [6.07, 6.45) is 0.147. The van der Waals surface area contributed by atoms with Crippen molar-refractivity contribution in [3.63, 3.8) is 0 Å². The molecule has 7 nitrogen and oxygen atoms in total. The van der Waals surface area contributed by atoms with E-state index in [1.807, 2.05) is 0 Å². The van der Waals surface area contributed by atoms with Gasteiger partial charge in [-0.15, -0.1) is 0 Å². The van der Waals surface area contributed by atoms with E-state index in [0.29, 0.717) is 17.0 Å². The number of halogens is 2. The van der Waals surface area contributed by atoms with Gasteiger partial charge < -0.3 is 14.6 Å². The van der Waals surface area contributed by atoms with E-state index >= 15 is 0 Å². The number of hydrogen-bond donors (Lipinski definition) is 1. The first-order valence-electron chi connectivity index (χ1n) is 11.1. The van der Waals surface area contributed by atoms with Gasteiger partial charge in [-0.3, -0.25) is 9.10 Å². The van der Waals surface area contributed by atoms with Crippen LogP contribution >= 0.6 is 11.6 Å². The summed E-state index contributed by atoms with van der Waals surface area (Å²) in [4.78, 5) is 12.0. The predicted molar refractivity (Wildman–Crippen MR) is 134 cm³/mol. The number of methoxy groups -OCH3 is 1. The van der Waals surface area contributed by atoms with Gasteiger partial charge in [-0.25, -0.2) is 12.8 Å². The third-order valence-corrected chi connectivity index (χ3v) is 8.64. The lowest BCUT2D eigenvalue weighted by molar-refractivity contribution is -0.142. The van der Waals surface area contributed by atoms with Gasteiger partial charge in [-0.2, -0.15) is 0 Å². The first-order valence-corrected chi connectivity index (χ1v) is 13.0. The molecule has 0 amide bonds. The number of hydrogen-bond acceptors (Lipinski definition) is 5. The normalized spacial score (nSPS) is 17.4. The number of nitrogens with zero attached hydrogens (tertiary/aromatic N) is 1. The fourth-order valence-electron chi connectivity index (χ4n) is 4.34. The second-order valence-electron chi connectivity index (χ2n) is 8.60. The highest BCUT2D eigenvalue weighted by Crippen LogP contribution is 2.41. The summed E-state index contributed by atoms with van der Waals surface area (Å²) in [5, 5.41) is 10.0. The maximum Gasteiger partial charge on any atom is 0.308 e. The number of fused-ring (bicyclic) bond motifs is 1. The van der Waals surface area contributed by atoms with E-state index < -0.39 is 33.8 Å². The summed E-state index contributed by atoms with van der Waals surface area (Å²) in [6.45, 7) is 3.19. The molecule has 10 heteroatoms. The molecule has 0 aliphatic carbocycles. The van der Waals surface area contributed by atoms with E-state index in [9.17, 15) is 22.7 Å². The van der Waals surface area contributed by atoms with E-state index in [-0.39, 0.29) is 34.3 Å². The topological polar surface area (TPSA) is 93.1 Å². The van der Waals surface area contributed by atoms with Crippen LogP contribution in [0.15, 0.2) is 59.5 Å². The number of benzene rings is 3. The average Bonchev–Trinajstić information content (AvgIpc) is 2.83. The molecule has 0 saturated carbocycles. The molecule has 0 radical (unpaired) electrons. The van der Waals surface area contributed by atoms with Crippen LogP contribution in [0.5, 0.6) is 11.5 Å². The molecule has 1 heterocycles. The Labute approximate surface area is 214 Å². The summed E-state index contributed by atoms with van der Waals surface area (Å²) in [5.74, 6) is -1.88. The number of carboxylic acids is 1. The first kappa shape index (κ1) is 25.8. The zero-order valence-electron chi connectivity index (χ0n) is 19.9. The second kappa shape index (κ2) is 9.99. The van der Waals surface area contributed by atoms with Crippen LogP contribution in [0.25, 0.3) is 0 Å². The number of anilines is 1. The fraction of sp³-hybridized carbons (Fsp3) is 0.269. The average molecular weight is 534 g/mol. The molecule has 0 bridgehead atoms. The molecule has 0 fully saturated rings. The highest BCUT2D eigenvalue weighted by Gasteiger charge is 2.42. The third kappa shape index (κ3) is 4.73. The molecular formula is C26H25ClFNO6S. The number of sulfonamides is 1. The van der Waals surface area contributed by atoms with Crippen LogP contribution in [0.4, 0.5) is 10.1 Å². The van der Waals surface area contributed by atoms with Gasteiger partial charge >= 0.3 is 5.97 Å². The van der Waals surface area contributed by atoms with Crippen molar-refractivity contribution in [2.75, 3.05) is 11.4 Å². The van der Waals surface area contributed by atoms with Gasteiger partial charge in [0.2, 0.25) is 0 Å². The monoisotopic (exact) mass is 533 g/mol. The molecule has 2 atom stereocenters. The van der Waals surface area contributed by atoms with Crippen molar-refractivity contribution < 1.29 is 32.2 Å². The van der Waals surface area contributed by atoms with Crippen LogP contribution in [0.3, 0.4) is 0 Å². The van der Waals surface area contributed by atoms with Crippen molar-refractivity contribution in [3.8, 4) is 11.5 Å². The minimum absolute atomic E-state index is 0.0294. The lowest BCUT2D eigenvalue weighted by atomic mass is 9.88. The summed E-state index contributed by atoms with van der Waals surface area (Å²) in [7, 11) is -2.74. The van der Waals surface area contributed by atoms with E-state index in [4.69, 9.17) is 21.1 Å². The number of carboxylic acid groups (broad SMARTS) is 1. The van der Waals surface area contributed by atoms with Gasteiger partial charge in [-0.1, -0.05) is 29.8 Å². The van der Waals surface area contributed by atoms with Gasteiger partial charge in [0.1, 0.15) is 23.9 Å². The van der Waals surface area contributed by atoms with Crippen LogP contribution in [0.2, 0.25) is 5.02 Å². The number of aryl methyl sites for hydroxylation is 1. The van der Waals surface area contributed by atoms with E-state index in [1.54, 1.807) is 38.1 Å². The van der Waals surface area contributed by atoms with E-state index in [2.05, 4.69) is 0 Å². The van der Waals surface area contributed by atoms with Gasteiger partial charge in [0.15, 0.2) is 0 Å². The van der Waals surface area contributed by atoms with Gasteiger partial charge in [-0.05, 0) is 55.7 Å². The van der Waals surface area contributed by atoms with Crippen LogP contribution < -0.4 is 13.8 Å². The molecule has 36 heavy (non-hydrogen) atoms. The van der Waals surface area contributed by atoms with Crippen LogP contribution in [-0.4, -0.2) is 32.6 Å². The van der Waals surface area contributed by atoms with Crippen molar-refractivity contribution in [2.45, 2.75) is 37.8 Å². The zero-order valence-corrected chi connectivity index (χ0v) is 21.4. The SMILES string of the molecule is COc1cc(S(=O)(=O)N2c3cc(OCc4c(F)cccc4Cl)ccc3C[C@@H](C(=O)O)[C@H]2C)ccc1C. The van der Waals surface area contributed by atoms with Crippen LogP contribution in [0.1, 0.15) is 23.6 Å². The number of rotatable bonds is 7. The summed E-state index contributed by atoms with van der Waals surface area (Å²) in [6, 6.07) is 12.7. The lowest BCUT2D eigenvalue weighted by Gasteiger charge is -2.39. The molecule has 1 aliphatic rings. The number of ether oxygens (including phenoxy) is 2. The number of carbonyl (C=O) groups is 1. The van der Waals surface area contributed by atoms with Crippen molar-refractivity contribution >= 4 is 33.3 Å². The summed E-state index contributed by atoms with van der Waals surface area (Å²) in [5.41, 5.74) is 1.78. The molecule has 1 N–H and O–H groups in total. The van der Waals surface area contributed by atoms with Crippen molar-refractivity contribution in [3.05, 3.63) is 82.1 Å². The maximum atomic E-state index is 14.2. The molecule has 3 aromatic rings. The fourth-order valence-corrected chi connectivity index (χ4v) is 6.30. The molecule has 0 saturated heterocycles. The highest BCUT2D eigenvalue weighted by molar-refractivity contribution is 7.92. The molecule has 0 aromatic heterocycles. The highest BCUT2D eigenvalue weighted by atomic mass is 35.5. The Morgan fingerprint density at radius 3 is 2.61 bits per heavy atom. The van der Waals surface area contributed by atoms with Gasteiger partial charge in [0.05, 0.1) is 34.7 Å². The quantitative estimate of drug-likeness (QED) is 0.448. The largest absolute Gasteiger partial charge is 0.496 e. The molecule has 0 spiro atoms. The maximum absolute atomic E-state index is 14.2. The van der Waals surface area contributed by atoms with Crippen molar-refractivity contribution in [1.29, 1.82) is 0 Å². The Kier molecular flexibility index (Phi) is 7.15. The molecule has 0 unspecified atom stereocenters. The Balaban J connectivity index is 1.77. The van der Waals surface area contributed by atoms with Crippen LogP contribution in [-0.2, 0) is 27.8 Å². The Hall–Kier alpha value is -3.30. The van der Waals surface area contributed by atoms with Gasteiger partial charge in [0, 0.05) is 17.7 Å². The molecule has 1 aliphatic heterocycles. The summed E-state index contributed by atoms with van der Waals surface area (Å²) >= 11 is 6.09. The van der Waals surface area contributed by atoms with Crippen molar-refractivity contribution in [1.82, 2.24) is 0 Å². The zero-order chi connectivity index (χ0) is 26.2. The number of aliphatic carboxylic acids is 1. The standard InChI is InChI=1S/C26H25ClFNO6S/c1-15-7-10-19(13-25(15)34-3)36(32,33)29-16(2)20(26(30)31)11-17-8-9-18(12-24(17)29)35-14-21-22(27)5-4-6-23(21)28/h4-10,12-13,16,20H,11,14H2,1-3H3,(H,30,31)/t16-,20-/m1/s1. The second-order valence-corrected chi connectivity index (χ2v) is 10.8. The smallest absolute Gasteiger partial charge is 0.308 e. The van der Waals surface area contributed by atoms with E-state index in [0.717, 1.165) is 9.87 Å². The lowest BCUT2D eigenvalue weighted by Crippen LogP contribution is -2.49. The van der Waals surface area contributed by atoms with Crippen LogP contribution in [0, 0.1) is 18.7 Å².